The van der Waals surface area contributed by atoms with Crippen LogP contribution in [0.5, 0.6) is 0 Å². The van der Waals surface area contributed by atoms with Gasteiger partial charge in [0.1, 0.15) is 0 Å². The number of carboxylic acid groups (broad SMARTS) is 1. The fraction of sp³-hybridized carbons (Fsp3) is 0.308. The Kier molecular flexibility index (Phi) is 3.13. The lowest BCUT2D eigenvalue weighted by atomic mass is 9.92. The first-order valence-corrected chi connectivity index (χ1v) is 5.99. The fourth-order valence-electron chi connectivity index (χ4n) is 1.99. The largest absolute Gasteiger partial charge is 0.478 e. The number of imidazole rings is 1. The summed E-state index contributed by atoms with van der Waals surface area (Å²) in [7, 11) is 0. The molecule has 0 spiro atoms. The van der Waals surface area contributed by atoms with Crippen LogP contribution in [0.4, 0.5) is 0 Å². The molecule has 0 unspecified atom stereocenters. The molecule has 2 rings (SSSR count). The van der Waals surface area contributed by atoms with Crippen molar-refractivity contribution in [3.63, 3.8) is 0 Å². The number of carbonyl (C=O) groups is 2. The summed E-state index contributed by atoms with van der Waals surface area (Å²) in [5, 5.41) is 9.10. The van der Waals surface area contributed by atoms with Crippen LogP contribution in [0.3, 0.4) is 0 Å². The maximum atomic E-state index is 12.0. The Hall–Kier alpha value is -2.57. The van der Waals surface area contributed by atoms with Gasteiger partial charge in [-0.1, -0.05) is 6.07 Å². The summed E-state index contributed by atoms with van der Waals surface area (Å²) in [6.45, 7) is 3.33. The van der Waals surface area contributed by atoms with Gasteiger partial charge in [-0.25, -0.2) is 9.59 Å². The Morgan fingerprint density at radius 2 is 2.05 bits per heavy atom. The van der Waals surface area contributed by atoms with Gasteiger partial charge in [-0.2, -0.15) is 0 Å². The molecule has 0 atom stereocenters. The summed E-state index contributed by atoms with van der Waals surface area (Å²) in [6.07, 6.45) is 0. The second kappa shape index (κ2) is 4.52. The number of benzene rings is 1. The minimum atomic E-state index is -1.13. The van der Waals surface area contributed by atoms with Crippen LogP contribution in [0.25, 0.3) is 11.0 Å². The molecule has 0 fully saturated rings. The average molecular weight is 277 g/mol. The molecule has 0 saturated heterocycles. The van der Waals surface area contributed by atoms with Gasteiger partial charge in [0.2, 0.25) is 5.91 Å². The van der Waals surface area contributed by atoms with E-state index in [4.69, 9.17) is 10.8 Å². The Bertz CT molecular complexity index is 755. The number of carboxylic acids is 1. The summed E-state index contributed by atoms with van der Waals surface area (Å²) < 4.78 is 1.33. The van der Waals surface area contributed by atoms with Crippen molar-refractivity contribution in [2.75, 3.05) is 0 Å². The van der Waals surface area contributed by atoms with E-state index < -0.39 is 23.0 Å². The maximum absolute atomic E-state index is 12.0. The zero-order valence-electron chi connectivity index (χ0n) is 11.1. The van der Waals surface area contributed by atoms with Crippen molar-refractivity contribution in [3.05, 3.63) is 34.2 Å². The third-order valence-corrected chi connectivity index (χ3v) is 3.26. The minimum absolute atomic E-state index is 0.00947. The molecule has 20 heavy (non-hydrogen) atoms. The van der Waals surface area contributed by atoms with Crippen molar-refractivity contribution in [2.45, 2.75) is 20.4 Å². The van der Waals surface area contributed by atoms with Gasteiger partial charge in [-0.3, -0.25) is 9.36 Å². The summed E-state index contributed by atoms with van der Waals surface area (Å²) >= 11 is 0. The maximum Gasteiger partial charge on any atom is 0.337 e. The van der Waals surface area contributed by atoms with Crippen molar-refractivity contribution in [1.29, 1.82) is 0 Å². The lowest BCUT2D eigenvalue weighted by Crippen LogP contribution is -2.37. The van der Waals surface area contributed by atoms with E-state index in [2.05, 4.69) is 4.98 Å². The van der Waals surface area contributed by atoms with E-state index in [9.17, 15) is 14.4 Å². The van der Waals surface area contributed by atoms with E-state index in [0.717, 1.165) is 0 Å². The van der Waals surface area contributed by atoms with Gasteiger partial charge in [0.05, 0.1) is 22.0 Å². The number of hydrogen-bond donors (Lipinski definition) is 3. The first-order chi connectivity index (χ1) is 9.24. The summed E-state index contributed by atoms with van der Waals surface area (Å²) in [6, 6.07) is 4.58. The number of fused-ring (bicyclic) bond motifs is 1. The molecule has 0 radical (unpaired) electrons. The van der Waals surface area contributed by atoms with Crippen LogP contribution in [-0.2, 0) is 11.3 Å². The monoisotopic (exact) mass is 277 g/mol. The number of nitrogens with zero attached hydrogens (tertiary/aromatic N) is 1. The van der Waals surface area contributed by atoms with Gasteiger partial charge in [0.25, 0.3) is 0 Å². The number of hydrogen-bond acceptors (Lipinski definition) is 3. The molecule has 0 bridgehead atoms. The zero-order chi connectivity index (χ0) is 15.1. The predicted octanol–water partition coefficient (Wildman–Crippen LogP) is 0.539. The predicted molar refractivity (Wildman–Crippen MR) is 72.5 cm³/mol. The number of rotatable bonds is 4. The molecule has 0 aliphatic carbocycles. The van der Waals surface area contributed by atoms with Gasteiger partial charge in [-0.05, 0) is 26.0 Å². The van der Waals surface area contributed by atoms with Gasteiger partial charge < -0.3 is 15.8 Å². The number of amides is 1. The molecule has 1 aromatic heterocycles. The Balaban J connectivity index is 2.64. The van der Waals surface area contributed by atoms with Gasteiger partial charge in [-0.15, -0.1) is 0 Å². The standard InChI is InChI=1S/C13H15N3O4/c1-13(2,11(14)19)6-16-8-5-3-4-7(10(17)18)9(8)15-12(16)20/h3-5H,6H2,1-2H3,(H2,14,19)(H,15,20)(H,17,18). The molecule has 1 amide bonds. The highest BCUT2D eigenvalue weighted by Gasteiger charge is 2.27. The molecule has 7 nitrogen and oxygen atoms in total. The van der Waals surface area contributed by atoms with Crippen LogP contribution in [0.1, 0.15) is 24.2 Å². The SMILES string of the molecule is CC(C)(Cn1c(=O)[nH]c2c(C(=O)O)cccc21)C(N)=O. The molecule has 1 heterocycles. The van der Waals surface area contributed by atoms with Crippen molar-refractivity contribution in [2.24, 2.45) is 11.1 Å². The van der Waals surface area contributed by atoms with E-state index >= 15 is 0 Å². The highest BCUT2D eigenvalue weighted by molar-refractivity contribution is 6.00. The number of para-hydroxylation sites is 1. The van der Waals surface area contributed by atoms with E-state index in [1.54, 1.807) is 26.0 Å². The van der Waals surface area contributed by atoms with Crippen LogP contribution in [-0.4, -0.2) is 26.5 Å². The number of aromatic amines is 1. The Morgan fingerprint density at radius 1 is 1.40 bits per heavy atom. The zero-order valence-corrected chi connectivity index (χ0v) is 11.1. The van der Waals surface area contributed by atoms with E-state index in [1.807, 2.05) is 0 Å². The molecule has 0 aliphatic heterocycles. The van der Waals surface area contributed by atoms with Crippen molar-refractivity contribution in [3.8, 4) is 0 Å². The average Bonchev–Trinajstić information content (AvgIpc) is 2.65. The number of aromatic nitrogens is 2. The number of primary amides is 1. The third kappa shape index (κ3) is 2.18. The van der Waals surface area contributed by atoms with Gasteiger partial charge >= 0.3 is 11.7 Å². The number of nitrogens with one attached hydrogen (secondary N) is 1. The molecular weight excluding hydrogens is 262 g/mol. The topological polar surface area (TPSA) is 118 Å². The van der Waals surface area contributed by atoms with Crippen LogP contribution >= 0.6 is 0 Å². The van der Waals surface area contributed by atoms with Crippen molar-refractivity contribution >= 4 is 22.9 Å². The normalized spacial score (nSPS) is 11.7. The second-order valence-electron chi connectivity index (χ2n) is 5.27. The highest BCUT2D eigenvalue weighted by Crippen LogP contribution is 2.21. The van der Waals surface area contributed by atoms with Crippen molar-refractivity contribution in [1.82, 2.24) is 9.55 Å². The molecule has 1 aromatic carbocycles. The first-order valence-electron chi connectivity index (χ1n) is 5.99. The molecule has 0 saturated carbocycles. The summed E-state index contributed by atoms with van der Waals surface area (Å²) in [5.74, 6) is -1.66. The number of aromatic carboxylic acids is 1. The van der Waals surface area contributed by atoms with E-state index in [-0.39, 0.29) is 17.6 Å². The van der Waals surface area contributed by atoms with Crippen LogP contribution < -0.4 is 11.4 Å². The number of nitrogens with two attached hydrogens (primary N) is 1. The third-order valence-electron chi connectivity index (χ3n) is 3.26. The molecule has 106 valence electrons. The van der Waals surface area contributed by atoms with Gasteiger partial charge in [0.15, 0.2) is 0 Å². The first kappa shape index (κ1) is 13.9. The van der Waals surface area contributed by atoms with Crippen molar-refractivity contribution < 1.29 is 14.7 Å². The molecule has 2 aromatic rings. The molecule has 7 heteroatoms. The number of carbonyl (C=O) groups excluding carboxylic acids is 1. The quantitative estimate of drug-likeness (QED) is 0.755. The van der Waals surface area contributed by atoms with Crippen LogP contribution in [0.2, 0.25) is 0 Å². The molecular formula is C13H15N3O4. The number of H-pyrrole nitrogens is 1. The van der Waals surface area contributed by atoms with Gasteiger partial charge in [0, 0.05) is 6.54 Å². The van der Waals surface area contributed by atoms with Crippen LogP contribution in [0, 0.1) is 5.41 Å². The molecule has 4 N–H and O–H groups in total. The summed E-state index contributed by atoms with van der Waals surface area (Å²) in [4.78, 5) is 37.0. The van der Waals surface area contributed by atoms with E-state index in [1.165, 1.54) is 10.6 Å². The molecule has 0 aliphatic rings. The van der Waals surface area contributed by atoms with Crippen LogP contribution in [0.15, 0.2) is 23.0 Å². The highest BCUT2D eigenvalue weighted by atomic mass is 16.4. The Morgan fingerprint density at radius 3 is 2.60 bits per heavy atom. The smallest absolute Gasteiger partial charge is 0.337 e. The Labute approximate surface area is 114 Å². The van der Waals surface area contributed by atoms with E-state index in [0.29, 0.717) is 5.52 Å². The minimum Gasteiger partial charge on any atom is -0.478 e. The summed E-state index contributed by atoms with van der Waals surface area (Å²) in [5.41, 5.74) is 4.60. The second-order valence-corrected chi connectivity index (χ2v) is 5.27. The lowest BCUT2D eigenvalue weighted by Gasteiger charge is -2.20. The fourth-order valence-corrected chi connectivity index (χ4v) is 1.99. The lowest BCUT2D eigenvalue weighted by molar-refractivity contribution is -0.126.